The van der Waals surface area contributed by atoms with E-state index in [1.807, 2.05) is 0 Å². The highest BCUT2D eigenvalue weighted by molar-refractivity contribution is 7.58. The zero-order valence-corrected chi connectivity index (χ0v) is 11.3. The SMILES string of the molecule is O=P(O)(O)C1(O)C(O)C(O)C(O)C(O)C1(O)P(=O)(O)O. The van der Waals surface area contributed by atoms with Gasteiger partial charge in [0.25, 0.3) is 0 Å². The maximum absolute atomic E-state index is 11.3. The van der Waals surface area contributed by atoms with Crippen molar-refractivity contribution in [2.24, 2.45) is 0 Å². The molecule has 0 spiro atoms. The number of rotatable bonds is 2. The van der Waals surface area contributed by atoms with Crippen LogP contribution in [-0.2, 0) is 9.13 Å². The van der Waals surface area contributed by atoms with Crippen molar-refractivity contribution >= 4 is 15.2 Å². The Morgan fingerprint density at radius 1 is 0.650 bits per heavy atom. The van der Waals surface area contributed by atoms with E-state index in [1.54, 1.807) is 0 Å². The molecule has 1 aliphatic carbocycles. The molecule has 1 saturated carbocycles. The molecule has 14 heteroatoms. The zero-order valence-electron chi connectivity index (χ0n) is 9.49. The van der Waals surface area contributed by atoms with Crippen LogP contribution in [-0.4, -0.2) is 85.3 Å². The van der Waals surface area contributed by atoms with Crippen molar-refractivity contribution in [2.45, 2.75) is 35.1 Å². The molecule has 0 aromatic heterocycles. The quantitative estimate of drug-likeness (QED) is 0.213. The van der Waals surface area contributed by atoms with Gasteiger partial charge in [0.05, 0.1) is 0 Å². The molecule has 1 fully saturated rings. The van der Waals surface area contributed by atoms with Gasteiger partial charge in [-0.3, -0.25) is 9.13 Å². The Kier molecular flexibility index (Phi) is 4.33. The molecule has 0 bridgehead atoms. The Labute approximate surface area is 110 Å². The normalized spacial score (nSPS) is 47.3. The first-order valence-electron chi connectivity index (χ1n) is 4.92. The van der Waals surface area contributed by atoms with Crippen molar-refractivity contribution in [3.8, 4) is 0 Å². The minimum atomic E-state index is -6.10. The summed E-state index contributed by atoms with van der Waals surface area (Å²) in [5.74, 6) is 0. The largest absolute Gasteiger partial charge is 0.387 e. The van der Waals surface area contributed by atoms with Gasteiger partial charge in [0.2, 0.25) is 10.7 Å². The zero-order chi connectivity index (χ0) is 16.3. The first kappa shape index (κ1) is 18.1. The third-order valence-corrected chi connectivity index (χ3v) is 6.42. The molecule has 1 rings (SSSR count). The molecule has 0 aromatic carbocycles. The lowest BCUT2D eigenvalue weighted by atomic mass is 9.83. The van der Waals surface area contributed by atoms with E-state index in [4.69, 9.17) is 19.6 Å². The van der Waals surface area contributed by atoms with Gasteiger partial charge in [-0.05, 0) is 0 Å². The lowest BCUT2D eigenvalue weighted by molar-refractivity contribution is -0.264. The van der Waals surface area contributed by atoms with Crippen molar-refractivity contribution in [2.75, 3.05) is 0 Å². The lowest BCUT2D eigenvalue weighted by Gasteiger charge is -2.53. The predicted molar refractivity (Wildman–Crippen MR) is 58.0 cm³/mol. The summed E-state index contributed by atoms with van der Waals surface area (Å²) < 4.78 is 22.5. The summed E-state index contributed by atoms with van der Waals surface area (Å²) in [4.78, 5) is 35.9. The predicted octanol–water partition coefficient (Wildman–Crippen LogP) is -4.82. The average Bonchev–Trinajstić information content (AvgIpc) is 2.28. The van der Waals surface area contributed by atoms with Crippen molar-refractivity contribution < 1.29 is 59.3 Å². The number of aliphatic hydroxyl groups is 6. The highest BCUT2D eigenvalue weighted by atomic mass is 31.2. The number of aliphatic hydroxyl groups excluding tert-OH is 4. The molecule has 0 saturated heterocycles. The van der Waals surface area contributed by atoms with Gasteiger partial charge in [0.1, 0.15) is 24.4 Å². The van der Waals surface area contributed by atoms with Gasteiger partial charge in [-0.15, -0.1) is 0 Å². The standard InChI is InChI=1S/C6H14O12P2/c7-1-2(8)4(10)6(12,20(16,17)18)5(11,3(1)9)19(13,14)15/h1-4,7-12H,(H2,13,14,15)(H2,16,17,18). The van der Waals surface area contributed by atoms with Gasteiger partial charge in [-0.2, -0.15) is 0 Å². The minimum Gasteiger partial charge on any atom is -0.387 e. The van der Waals surface area contributed by atoms with Crippen LogP contribution in [0.2, 0.25) is 0 Å². The van der Waals surface area contributed by atoms with Crippen LogP contribution in [0, 0.1) is 0 Å². The molecule has 1 aliphatic rings. The number of hydrogen-bond donors (Lipinski definition) is 10. The summed E-state index contributed by atoms with van der Waals surface area (Å²) in [6.07, 6.45) is -11.3. The highest BCUT2D eigenvalue weighted by Gasteiger charge is 2.80. The maximum atomic E-state index is 11.3. The van der Waals surface area contributed by atoms with E-state index in [0.29, 0.717) is 0 Å². The van der Waals surface area contributed by atoms with Gasteiger partial charge in [-0.25, -0.2) is 0 Å². The molecule has 10 N–H and O–H groups in total. The fourth-order valence-corrected chi connectivity index (χ4v) is 4.96. The topological polar surface area (TPSA) is 236 Å². The molecule has 12 nitrogen and oxygen atoms in total. The monoisotopic (exact) mass is 340 g/mol. The lowest BCUT2D eigenvalue weighted by Crippen LogP contribution is -2.76. The summed E-state index contributed by atoms with van der Waals surface area (Å²) in [6, 6.07) is 0. The van der Waals surface area contributed by atoms with Crippen LogP contribution < -0.4 is 0 Å². The van der Waals surface area contributed by atoms with Crippen molar-refractivity contribution in [1.82, 2.24) is 0 Å². The molecule has 6 unspecified atom stereocenters. The van der Waals surface area contributed by atoms with Crippen LogP contribution in [0.15, 0.2) is 0 Å². The molecule has 0 aliphatic heterocycles. The fraction of sp³-hybridized carbons (Fsp3) is 1.00. The summed E-state index contributed by atoms with van der Waals surface area (Å²) in [7, 11) is -12.2. The summed E-state index contributed by atoms with van der Waals surface area (Å²) in [5, 5.41) is 48.5. The highest BCUT2D eigenvalue weighted by Crippen LogP contribution is 2.69. The summed E-state index contributed by atoms with van der Waals surface area (Å²) in [6.45, 7) is 0. The van der Waals surface area contributed by atoms with Gasteiger partial charge in [-0.1, -0.05) is 0 Å². The van der Waals surface area contributed by atoms with Crippen LogP contribution >= 0.6 is 15.2 Å². The smallest absolute Gasteiger partial charge is 0.363 e. The van der Waals surface area contributed by atoms with Crippen molar-refractivity contribution in [3.05, 3.63) is 0 Å². The van der Waals surface area contributed by atoms with E-state index in [0.717, 1.165) is 0 Å². The molecule has 120 valence electrons. The van der Waals surface area contributed by atoms with Crippen LogP contribution in [0.1, 0.15) is 0 Å². The Bertz CT molecular complexity index is 438. The molecule has 0 amide bonds. The first-order valence-corrected chi connectivity index (χ1v) is 8.14. The minimum absolute atomic E-state index is 2.59. The van der Waals surface area contributed by atoms with Gasteiger partial charge in [0.15, 0.2) is 0 Å². The van der Waals surface area contributed by atoms with E-state index in [9.17, 15) is 39.8 Å². The second-order valence-electron chi connectivity index (χ2n) is 4.41. The Balaban J connectivity index is 3.74. The van der Waals surface area contributed by atoms with E-state index in [2.05, 4.69) is 0 Å². The van der Waals surface area contributed by atoms with E-state index in [1.165, 1.54) is 0 Å². The molecule has 0 heterocycles. The Hall–Kier alpha value is 0.0600. The second kappa shape index (κ2) is 4.78. The van der Waals surface area contributed by atoms with Gasteiger partial charge < -0.3 is 50.2 Å². The molecular formula is C6H14O12P2. The number of hydrogen-bond acceptors (Lipinski definition) is 8. The summed E-state index contributed by atoms with van der Waals surface area (Å²) in [5.41, 5.74) is 0. The van der Waals surface area contributed by atoms with Crippen LogP contribution in [0.25, 0.3) is 0 Å². The van der Waals surface area contributed by atoms with Crippen molar-refractivity contribution in [3.63, 3.8) is 0 Å². The molecular weight excluding hydrogens is 326 g/mol. The van der Waals surface area contributed by atoms with E-state index >= 15 is 0 Å². The molecule has 6 atom stereocenters. The molecule has 0 radical (unpaired) electrons. The maximum Gasteiger partial charge on any atom is 0.363 e. The van der Waals surface area contributed by atoms with Gasteiger partial charge >= 0.3 is 15.2 Å². The average molecular weight is 340 g/mol. The van der Waals surface area contributed by atoms with Crippen molar-refractivity contribution in [1.29, 1.82) is 0 Å². The third-order valence-electron chi connectivity index (χ3n) is 3.25. The second-order valence-corrected chi connectivity index (χ2v) is 7.95. The Morgan fingerprint density at radius 2 is 0.850 bits per heavy atom. The third kappa shape index (κ3) is 2.02. The molecule has 0 aromatic rings. The molecule has 20 heavy (non-hydrogen) atoms. The van der Waals surface area contributed by atoms with Gasteiger partial charge in [0, 0.05) is 0 Å². The van der Waals surface area contributed by atoms with Crippen LogP contribution in [0.5, 0.6) is 0 Å². The van der Waals surface area contributed by atoms with Crippen LogP contribution in [0.4, 0.5) is 0 Å². The first-order chi connectivity index (χ1) is 8.64. The van der Waals surface area contributed by atoms with E-state index < -0.39 is 50.3 Å². The Morgan fingerprint density at radius 3 is 1.00 bits per heavy atom. The van der Waals surface area contributed by atoms with E-state index in [-0.39, 0.29) is 0 Å². The summed E-state index contributed by atoms with van der Waals surface area (Å²) >= 11 is 0. The van der Waals surface area contributed by atoms with Crippen LogP contribution in [0.3, 0.4) is 0 Å². The fourth-order valence-electron chi connectivity index (χ4n) is 2.06.